The molecule has 4 atom stereocenters. The third-order valence-electron chi connectivity index (χ3n) is 11.7. The molecule has 11 heteroatoms. The molecule has 0 saturated heterocycles. The third-order valence-corrected chi connectivity index (χ3v) is 18.4. The van der Waals surface area contributed by atoms with Crippen molar-refractivity contribution in [3.8, 4) is 0 Å². The Labute approximate surface area is 383 Å². The van der Waals surface area contributed by atoms with Crippen LogP contribution in [-0.4, -0.2) is 64.2 Å². The van der Waals surface area contributed by atoms with E-state index in [1.165, 1.54) is 14.2 Å². The van der Waals surface area contributed by atoms with Crippen LogP contribution >= 0.6 is 0 Å². The molecule has 10 nitrogen and oxygen atoms in total. The molecule has 0 aliphatic rings. The number of hydrogen-bond acceptors (Lipinski definition) is 9. The molecule has 0 aromatic heterocycles. The van der Waals surface area contributed by atoms with Gasteiger partial charge in [0.25, 0.3) is 8.32 Å². The van der Waals surface area contributed by atoms with Crippen molar-refractivity contribution >= 4 is 37.9 Å². The molecule has 0 unspecified atom stereocenters. The van der Waals surface area contributed by atoms with Gasteiger partial charge in [-0.3, -0.25) is 19.2 Å². The van der Waals surface area contributed by atoms with E-state index in [2.05, 4.69) is 60.7 Å². The van der Waals surface area contributed by atoms with Crippen LogP contribution in [0.4, 0.5) is 4.79 Å². The minimum atomic E-state index is -2.72. The van der Waals surface area contributed by atoms with Crippen molar-refractivity contribution in [2.45, 2.75) is 122 Å². The molecule has 0 saturated carbocycles. The topological polar surface area (TPSA) is 151 Å². The van der Waals surface area contributed by atoms with Crippen LogP contribution in [0.5, 0.6) is 0 Å². The zero-order valence-corrected chi connectivity index (χ0v) is 40.7. The molecule has 0 fully saturated rings. The fraction of sp³-hybridized carbons (Fsp3) is 0.453. The first-order chi connectivity index (χ1) is 30.2. The van der Waals surface area contributed by atoms with Gasteiger partial charge in [0.1, 0.15) is 0 Å². The number of ether oxygens (including phenoxy) is 2. The number of hydrogen-bond donors (Lipinski definition) is 2. The standard InChI is InChI=1S/C33H49NO5Si.C20H23NO3/c1-24(2)23-40(32(3,4)5,33(6,7)8)39-31(37)34-28(21-26-18-14-11-15-19-26)29(35)22-27(30(36)38-9)20-25-16-12-10-13-17-25;1-24-20(23)17(12-15-8-4-2-5-9-15)14-19(22)18(21)13-16-10-6-3-7-11-16/h10-19,24,27-28H,20-23H2,1-9H3,(H,34,37);2-11,17-18H,12-14,21H2,1H3/t27-,28+;17-,18+/m11/s1. The maximum Gasteiger partial charge on any atom is 0.394 e. The number of amides is 1. The summed E-state index contributed by atoms with van der Waals surface area (Å²) in [4.78, 5) is 64.6. The van der Waals surface area contributed by atoms with Crippen molar-refractivity contribution in [3.05, 3.63) is 144 Å². The zero-order chi connectivity index (χ0) is 47.5. The van der Waals surface area contributed by atoms with Crippen LogP contribution in [0, 0.1) is 17.8 Å². The molecule has 4 aromatic carbocycles. The fourth-order valence-electron chi connectivity index (χ4n) is 8.45. The molecule has 1 amide bonds. The predicted octanol–water partition coefficient (Wildman–Crippen LogP) is 10.1. The van der Waals surface area contributed by atoms with Gasteiger partial charge in [-0.05, 0) is 70.0 Å². The lowest BCUT2D eigenvalue weighted by molar-refractivity contribution is -0.147. The Kier molecular flexibility index (Phi) is 20.8. The number of nitrogens with one attached hydrogen (secondary N) is 1. The van der Waals surface area contributed by atoms with E-state index < -0.39 is 44.3 Å². The second-order valence-corrected chi connectivity index (χ2v) is 24.4. The first-order valence-electron chi connectivity index (χ1n) is 22.3. The number of methoxy groups -OCH3 is 2. The Morgan fingerprint density at radius 1 is 0.547 bits per heavy atom. The molecule has 4 rings (SSSR count). The number of benzene rings is 4. The van der Waals surface area contributed by atoms with Gasteiger partial charge in [0.05, 0.1) is 38.1 Å². The van der Waals surface area contributed by atoms with Crippen LogP contribution < -0.4 is 11.1 Å². The maximum atomic E-state index is 13.8. The number of ketones is 2. The highest BCUT2D eigenvalue weighted by Gasteiger charge is 2.58. The zero-order valence-electron chi connectivity index (χ0n) is 39.7. The molecule has 4 aromatic rings. The van der Waals surface area contributed by atoms with E-state index in [1.807, 2.05) is 121 Å². The Morgan fingerprint density at radius 2 is 0.891 bits per heavy atom. The van der Waals surface area contributed by atoms with Crippen molar-refractivity contribution in [1.82, 2.24) is 5.32 Å². The molecule has 3 N–H and O–H groups in total. The van der Waals surface area contributed by atoms with Gasteiger partial charge >= 0.3 is 18.0 Å². The Balaban J connectivity index is 0.000000385. The molecule has 0 aliphatic carbocycles. The summed E-state index contributed by atoms with van der Waals surface area (Å²) in [6.45, 7) is 17.2. The molecule has 0 radical (unpaired) electrons. The number of carbonyl (C=O) groups is 5. The summed E-state index contributed by atoms with van der Waals surface area (Å²) in [7, 11) is -0.0475. The number of rotatable bonds is 20. The van der Waals surface area contributed by atoms with Gasteiger partial charge in [-0.2, -0.15) is 0 Å². The van der Waals surface area contributed by atoms with Gasteiger partial charge in [-0.25, -0.2) is 4.79 Å². The molecule has 346 valence electrons. The van der Waals surface area contributed by atoms with Gasteiger partial charge in [0.2, 0.25) is 0 Å². The van der Waals surface area contributed by atoms with Gasteiger partial charge in [0.15, 0.2) is 11.6 Å². The first-order valence-corrected chi connectivity index (χ1v) is 24.4. The SMILES string of the molecule is COC(=O)[C@@H](CC(=O)[C@@H](N)Cc1ccccc1)Cc1ccccc1.COC(=O)[C@@H](CC(=O)[C@H](Cc1ccccc1)NC(=O)O[Si](CC(C)C)(C(C)(C)C)C(C)(C)C)Cc1ccccc1. The predicted molar refractivity (Wildman–Crippen MR) is 257 cm³/mol. The second-order valence-electron chi connectivity index (χ2n) is 19.2. The average molecular weight is 893 g/mol. The second kappa shape index (κ2) is 25.2. The first kappa shape index (κ1) is 52.9. The van der Waals surface area contributed by atoms with Crippen molar-refractivity contribution in [2.75, 3.05) is 14.2 Å². The van der Waals surface area contributed by atoms with Gasteiger partial charge in [0, 0.05) is 12.8 Å². The van der Waals surface area contributed by atoms with Crippen molar-refractivity contribution in [1.29, 1.82) is 0 Å². The van der Waals surface area contributed by atoms with Gasteiger partial charge in [-0.15, -0.1) is 0 Å². The van der Waals surface area contributed by atoms with E-state index >= 15 is 0 Å². The van der Waals surface area contributed by atoms with Crippen molar-refractivity contribution in [2.24, 2.45) is 23.5 Å². The minimum Gasteiger partial charge on any atom is -0.502 e. The van der Waals surface area contributed by atoms with Gasteiger partial charge < -0.3 is 25.0 Å². The van der Waals surface area contributed by atoms with Crippen LogP contribution in [0.3, 0.4) is 0 Å². The Hall–Kier alpha value is -5.39. The smallest absolute Gasteiger partial charge is 0.394 e. The summed E-state index contributed by atoms with van der Waals surface area (Å²) in [5.41, 5.74) is 9.89. The van der Waals surface area contributed by atoms with Crippen molar-refractivity contribution < 1.29 is 37.9 Å². The molecule has 0 bridgehead atoms. The molecule has 0 heterocycles. The lowest BCUT2D eigenvalue weighted by Gasteiger charge is -2.50. The summed E-state index contributed by atoms with van der Waals surface area (Å²) >= 11 is 0. The van der Waals surface area contributed by atoms with E-state index in [9.17, 15) is 24.0 Å². The maximum absolute atomic E-state index is 13.8. The summed E-state index contributed by atoms with van der Waals surface area (Å²) in [5, 5.41) is 2.49. The lowest BCUT2D eigenvalue weighted by Crippen LogP contribution is -2.58. The van der Waals surface area contributed by atoms with Crippen LogP contribution in [0.15, 0.2) is 121 Å². The van der Waals surface area contributed by atoms with E-state index in [-0.39, 0.29) is 40.5 Å². The Morgan fingerprint density at radius 3 is 1.23 bits per heavy atom. The summed E-state index contributed by atoms with van der Waals surface area (Å²) in [5.74, 6) is -1.99. The molecule has 64 heavy (non-hydrogen) atoms. The highest BCUT2D eigenvalue weighted by atomic mass is 28.4. The molecular formula is C53H72N2O8Si. The Bertz CT molecular complexity index is 2030. The third kappa shape index (κ3) is 16.6. The van der Waals surface area contributed by atoms with Crippen molar-refractivity contribution in [3.63, 3.8) is 0 Å². The monoisotopic (exact) mass is 893 g/mol. The lowest BCUT2D eigenvalue weighted by atomic mass is 9.90. The summed E-state index contributed by atoms with van der Waals surface area (Å²) in [6, 6.07) is 37.7. The van der Waals surface area contributed by atoms with Crippen LogP contribution in [0.2, 0.25) is 16.1 Å². The van der Waals surface area contributed by atoms with Crippen LogP contribution in [-0.2, 0) is 58.8 Å². The number of Topliss-reactive ketones (excluding diaryl/α,β-unsaturated/α-hetero) is 2. The van der Waals surface area contributed by atoms with E-state index in [4.69, 9.17) is 19.6 Å². The quantitative estimate of drug-likeness (QED) is 0.0653. The summed E-state index contributed by atoms with van der Waals surface area (Å²) in [6.07, 6.45) is 1.10. The van der Waals surface area contributed by atoms with Gasteiger partial charge in [-0.1, -0.05) is 177 Å². The highest BCUT2D eigenvalue weighted by Crippen LogP contribution is 2.55. The fourth-order valence-corrected chi connectivity index (χ4v) is 14.2. The van der Waals surface area contributed by atoms with E-state index in [1.54, 1.807) is 0 Å². The number of nitrogens with two attached hydrogens (primary N) is 1. The van der Waals surface area contributed by atoms with Crippen LogP contribution in [0.25, 0.3) is 0 Å². The van der Waals surface area contributed by atoms with E-state index in [0.717, 1.165) is 28.3 Å². The van der Waals surface area contributed by atoms with E-state index in [0.29, 0.717) is 31.6 Å². The minimum absolute atomic E-state index is 0.0492. The normalized spacial score (nSPS) is 13.6. The molecule has 0 aliphatic heterocycles. The number of carbonyl (C=O) groups excluding carboxylic acids is 5. The highest BCUT2D eigenvalue weighted by molar-refractivity contribution is 6.80. The molecular weight excluding hydrogens is 821 g/mol. The van der Waals surface area contributed by atoms with Crippen LogP contribution in [0.1, 0.15) is 90.5 Å². The molecule has 0 spiro atoms. The summed E-state index contributed by atoms with van der Waals surface area (Å²) < 4.78 is 16.4. The average Bonchev–Trinajstić information content (AvgIpc) is 3.25. The number of esters is 2. The largest absolute Gasteiger partial charge is 0.502 e.